The summed E-state index contributed by atoms with van der Waals surface area (Å²) in [4.78, 5) is 23.1. The van der Waals surface area contributed by atoms with Crippen molar-refractivity contribution in [1.29, 1.82) is 0 Å². The van der Waals surface area contributed by atoms with Crippen molar-refractivity contribution >= 4 is 17.7 Å². The first-order valence-corrected chi connectivity index (χ1v) is 5.69. The van der Waals surface area contributed by atoms with E-state index in [2.05, 4.69) is 0 Å². The van der Waals surface area contributed by atoms with Crippen molar-refractivity contribution in [2.45, 2.75) is 25.3 Å². The third-order valence-electron chi connectivity index (χ3n) is 3.10. The number of hydrogen-bond donors (Lipinski definition) is 0. The standard InChI is InChI=1S/C12H14N2O3/c15-9-12-3-1-2-8-13(12)10-4-6-11(7-5-10)14(16)17/h4-7,9,12H,1-3,8H2. The van der Waals surface area contributed by atoms with E-state index >= 15 is 0 Å². The molecule has 1 saturated heterocycles. The van der Waals surface area contributed by atoms with E-state index in [0.717, 1.165) is 37.8 Å². The molecule has 0 amide bonds. The van der Waals surface area contributed by atoms with Crippen molar-refractivity contribution in [3.8, 4) is 0 Å². The van der Waals surface area contributed by atoms with Crippen molar-refractivity contribution in [1.82, 2.24) is 0 Å². The number of nitro benzene ring substituents is 1. The Kier molecular flexibility index (Phi) is 3.37. The van der Waals surface area contributed by atoms with Gasteiger partial charge in [0.1, 0.15) is 6.29 Å². The third-order valence-corrected chi connectivity index (χ3v) is 3.10. The van der Waals surface area contributed by atoms with Gasteiger partial charge in [0.15, 0.2) is 0 Å². The minimum Gasteiger partial charge on any atom is -0.362 e. The van der Waals surface area contributed by atoms with Gasteiger partial charge in [-0.05, 0) is 31.4 Å². The average molecular weight is 234 g/mol. The number of non-ortho nitro benzene ring substituents is 1. The maximum atomic E-state index is 11.0. The minimum atomic E-state index is -0.419. The fourth-order valence-corrected chi connectivity index (χ4v) is 2.19. The van der Waals surface area contributed by atoms with Gasteiger partial charge in [-0.1, -0.05) is 0 Å². The van der Waals surface area contributed by atoms with Crippen LogP contribution >= 0.6 is 0 Å². The van der Waals surface area contributed by atoms with Gasteiger partial charge < -0.3 is 9.69 Å². The van der Waals surface area contributed by atoms with E-state index in [-0.39, 0.29) is 11.7 Å². The van der Waals surface area contributed by atoms with Gasteiger partial charge in [0.25, 0.3) is 5.69 Å². The highest BCUT2D eigenvalue weighted by Crippen LogP contribution is 2.25. The van der Waals surface area contributed by atoms with E-state index in [1.807, 2.05) is 4.90 Å². The van der Waals surface area contributed by atoms with Gasteiger partial charge in [-0.25, -0.2) is 0 Å². The topological polar surface area (TPSA) is 63.5 Å². The second-order valence-electron chi connectivity index (χ2n) is 4.17. The fraction of sp³-hybridized carbons (Fsp3) is 0.417. The summed E-state index contributed by atoms with van der Waals surface area (Å²) >= 11 is 0. The molecule has 0 spiro atoms. The molecule has 1 aliphatic heterocycles. The number of piperidine rings is 1. The normalized spacial score (nSPS) is 20.0. The smallest absolute Gasteiger partial charge is 0.269 e. The van der Waals surface area contributed by atoms with Crippen LogP contribution in [0.4, 0.5) is 11.4 Å². The Morgan fingerprint density at radius 3 is 2.59 bits per heavy atom. The molecule has 0 aliphatic carbocycles. The fourth-order valence-electron chi connectivity index (χ4n) is 2.19. The zero-order valence-electron chi connectivity index (χ0n) is 9.41. The SMILES string of the molecule is O=CC1CCCCN1c1ccc([N+](=O)[O-])cc1. The lowest BCUT2D eigenvalue weighted by Crippen LogP contribution is -2.40. The van der Waals surface area contributed by atoms with Crippen LogP contribution in [0, 0.1) is 10.1 Å². The average Bonchev–Trinajstić information content (AvgIpc) is 2.39. The minimum absolute atomic E-state index is 0.0772. The molecule has 1 aromatic rings. The number of nitrogens with zero attached hydrogens (tertiary/aromatic N) is 2. The molecule has 0 bridgehead atoms. The molecule has 0 saturated carbocycles. The lowest BCUT2D eigenvalue weighted by Gasteiger charge is -2.34. The first-order valence-electron chi connectivity index (χ1n) is 5.69. The largest absolute Gasteiger partial charge is 0.362 e. The molecular weight excluding hydrogens is 220 g/mol. The highest BCUT2D eigenvalue weighted by atomic mass is 16.6. The van der Waals surface area contributed by atoms with Gasteiger partial charge in [0, 0.05) is 24.4 Å². The number of rotatable bonds is 3. The Morgan fingerprint density at radius 1 is 1.29 bits per heavy atom. The first-order chi connectivity index (χ1) is 8.22. The van der Waals surface area contributed by atoms with E-state index in [1.54, 1.807) is 12.1 Å². The van der Waals surface area contributed by atoms with Crippen molar-refractivity contribution < 1.29 is 9.72 Å². The molecule has 0 aromatic heterocycles. The van der Waals surface area contributed by atoms with Crippen LogP contribution < -0.4 is 4.90 Å². The molecule has 90 valence electrons. The van der Waals surface area contributed by atoms with Crippen LogP contribution in [0.2, 0.25) is 0 Å². The quantitative estimate of drug-likeness (QED) is 0.456. The Morgan fingerprint density at radius 2 is 2.00 bits per heavy atom. The zero-order chi connectivity index (χ0) is 12.3. The maximum Gasteiger partial charge on any atom is 0.269 e. The van der Waals surface area contributed by atoms with Crippen molar-refractivity contribution in [3.63, 3.8) is 0 Å². The Labute approximate surface area is 99.2 Å². The summed E-state index contributed by atoms with van der Waals surface area (Å²) in [6, 6.07) is 6.28. The third kappa shape index (κ3) is 2.43. The second kappa shape index (κ2) is 4.95. The summed E-state index contributed by atoms with van der Waals surface area (Å²) in [5.41, 5.74) is 0.959. The van der Waals surface area contributed by atoms with E-state index in [9.17, 15) is 14.9 Å². The van der Waals surface area contributed by atoms with Gasteiger partial charge in [0.05, 0.1) is 11.0 Å². The van der Waals surface area contributed by atoms with Crippen molar-refractivity contribution in [2.24, 2.45) is 0 Å². The van der Waals surface area contributed by atoms with E-state index < -0.39 is 4.92 Å². The maximum absolute atomic E-state index is 11.0. The summed E-state index contributed by atoms with van der Waals surface area (Å²) in [5.74, 6) is 0. The van der Waals surface area contributed by atoms with Crippen molar-refractivity contribution in [2.75, 3.05) is 11.4 Å². The molecule has 0 radical (unpaired) electrons. The van der Waals surface area contributed by atoms with E-state index in [1.165, 1.54) is 12.1 Å². The molecule has 1 heterocycles. The van der Waals surface area contributed by atoms with Crippen LogP contribution in [0.25, 0.3) is 0 Å². The molecular formula is C12H14N2O3. The zero-order valence-corrected chi connectivity index (χ0v) is 9.41. The molecule has 5 nitrogen and oxygen atoms in total. The highest BCUT2D eigenvalue weighted by Gasteiger charge is 2.22. The summed E-state index contributed by atoms with van der Waals surface area (Å²) in [6.45, 7) is 0.835. The molecule has 0 N–H and O–H groups in total. The number of anilines is 1. The Bertz CT molecular complexity index is 416. The second-order valence-corrected chi connectivity index (χ2v) is 4.17. The highest BCUT2D eigenvalue weighted by molar-refractivity contribution is 5.67. The van der Waals surface area contributed by atoms with Crippen LogP contribution in [-0.2, 0) is 4.79 Å². The number of hydrogen-bond acceptors (Lipinski definition) is 4. The van der Waals surface area contributed by atoms with Gasteiger partial charge in [-0.2, -0.15) is 0 Å². The summed E-state index contributed by atoms with van der Waals surface area (Å²) in [6.07, 6.45) is 3.94. The monoisotopic (exact) mass is 234 g/mol. The van der Waals surface area contributed by atoms with Crippen LogP contribution in [0.5, 0.6) is 0 Å². The number of carbonyl (C=O) groups is 1. The molecule has 17 heavy (non-hydrogen) atoms. The predicted octanol–water partition coefficient (Wildman–Crippen LogP) is 2.15. The van der Waals surface area contributed by atoms with E-state index in [0.29, 0.717) is 0 Å². The van der Waals surface area contributed by atoms with Crippen LogP contribution in [0.1, 0.15) is 19.3 Å². The molecule has 1 unspecified atom stereocenters. The molecule has 1 fully saturated rings. The van der Waals surface area contributed by atoms with E-state index in [4.69, 9.17) is 0 Å². The predicted molar refractivity (Wildman–Crippen MR) is 64.1 cm³/mol. The molecule has 5 heteroatoms. The summed E-state index contributed by atoms with van der Waals surface area (Å²) < 4.78 is 0. The Hall–Kier alpha value is -1.91. The summed E-state index contributed by atoms with van der Waals surface area (Å²) in [5, 5.41) is 10.5. The lowest BCUT2D eigenvalue weighted by atomic mass is 10.0. The van der Waals surface area contributed by atoms with Gasteiger partial charge in [-0.15, -0.1) is 0 Å². The van der Waals surface area contributed by atoms with Gasteiger partial charge >= 0.3 is 0 Å². The Balaban J connectivity index is 2.20. The molecule has 1 aromatic carbocycles. The summed E-state index contributed by atoms with van der Waals surface area (Å²) in [7, 11) is 0. The molecule has 1 aliphatic rings. The number of carbonyl (C=O) groups excluding carboxylic acids is 1. The van der Waals surface area contributed by atoms with Crippen molar-refractivity contribution in [3.05, 3.63) is 34.4 Å². The van der Waals surface area contributed by atoms with Gasteiger partial charge in [-0.3, -0.25) is 10.1 Å². The number of benzene rings is 1. The number of aldehydes is 1. The van der Waals surface area contributed by atoms with Gasteiger partial charge in [0.2, 0.25) is 0 Å². The molecule has 1 atom stereocenters. The number of nitro groups is 1. The molecule has 2 rings (SSSR count). The van der Waals surface area contributed by atoms with Crippen LogP contribution in [0.15, 0.2) is 24.3 Å². The van der Waals surface area contributed by atoms with Crippen LogP contribution in [0.3, 0.4) is 0 Å². The lowest BCUT2D eigenvalue weighted by molar-refractivity contribution is -0.384. The first kappa shape index (κ1) is 11.6. The van der Waals surface area contributed by atoms with Crippen LogP contribution in [-0.4, -0.2) is 23.8 Å².